The van der Waals surface area contributed by atoms with Crippen molar-refractivity contribution in [1.82, 2.24) is 10.2 Å². The second-order valence-electron chi connectivity index (χ2n) is 4.98. The van der Waals surface area contributed by atoms with Gasteiger partial charge in [0, 0.05) is 12.6 Å². The molecule has 0 aliphatic heterocycles. The van der Waals surface area contributed by atoms with E-state index >= 15 is 0 Å². The smallest absolute Gasteiger partial charge is 0.208 e. The molecular weight excluding hydrogens is 313 g/mol. The number of aromatic nitrogens is 2. The minimum atomic E-state index is -0.267. The summed E-state index contributed by atoms with van der Waals surface area (Å²) in [4.78, 5) is 1.99. The first-order valence-corrected chi connectivity index (χ1v) is 8.02. The van der Waals surface area contributed by atoms with Gasteiger partial charge in [0.25, 0.3) is 0 Å². The minimum Gasteiger partial charge on any atom is -0.492 e. The Morgan fingerprint density at radius 1 is 1.04 bits per heavy atom. The Morgan fingerprint density at radius 3 is 2.52 bits per heavy atom. The topological polar surface area (TPSA) is 38.2 Å². The molecule has 0 amide bonds. The fourth-order valence-electron chi connectivity index (χ4n) is 1.99. The molecule has 6 heteroatoms. The van der Waals surface area contributed by atoms with E-state index in [9.17, 15) is 4.39 Å². The number of benzene rings is 2. The third-order valence-electron chi connectivity index (χ3n) is 3.27. The average Bonchev–Trinajstić information content (AvgIpc) is 3.07. The zero-order valence-electron chi connectivity index (χ0n) is 12.6. The summed E-state index contributed by atoms with van der Waals surface area (Å²) in [5.74, 6) is 0.388. The van der Waals surface area contributed by atoms with Crippen molar-refractivity contribution in [3.05, 3.63) is 60.4 Å². The number of hydrogen-bond acceptors (Lipinski definition) is 5. The Labute approximate surface area is 138 Å². The maximum Gasteiger partial charge on any atom is 0.208 e. The first-order chi connectivity index (χ1) is 11.2. The van der Waals surface area contributed by atoms with Crippen molar-refractivity contribution < 1.29 is 9.13 Å². The summed E-state index contributed by atoms with van der Waals surface area (Å²) in [5.41, 5.74) is 1.06. The largest absolute Gasteiger partial charge is 0.492 e. The van der Waals surface area contributed by atoms with Gasteiger partial charge in [-0.3, -0.25) is 0 Å². The molecule has 1 heterocycles. The maximum absolute atomic E-state index is 12.8. The molecule has 1 aromatic heterocycles. The number of rotatable bonds is 6. The van der Waals surface area contributed by atoms with E-state index in [1.54, 1.807) is 23.5 Å². The highest BCUT2D eigenvalue weighted by atomic mass is 32.1. The first-order valence-electron chi connectivity index (χ1n) is 7.21. The van der Waals surface area contributed by atoms with Gasteiger partial charge in [-0.05, 0) is 24.3 Å². The summed E-state index contributed by atoms with van der Waals surface area (Å²) < 4.78 is 18.4. The fourth-order valence-corrected chi connectivity index (χ4v) is 2.83. The molecule has 0 bridgehead atoms. The van der Waals surface area contributed by atoms with Crippen LogP contribution in [0.1, 0.15) is 0 Å². The van der Waals surface area contributed by atoms with Gasteiger partial charge >= 0.3 is 0 Å². The van der Waals surface area contributed by atoms with E-state index in [-0.39, 0.29) is 5.82 Å². The van der Waals surface area contributed by atoms with Crippen LogP contribution in [0.3, 0.4) is 0 Å². The summed E-state index contributed by atoms with van der Waals surface area (Å²) in [5, 5.41) is 10.2. The fraction of sp³-hybridized carbons (Fsp3) is 0.176. The van der Waals surface area contributed by atoms with Gasteiger partial charge in [0.1, 0.15) is 23.2 Å². The SMILES string of the molecule is CN(CCOc1ccc(F)cc1)c1nnc(-c2ccccc2)s1. The van der Waals surface area contributed by atoms with E-state index in [0.29, 0.717) is 18.9 Å². The Hall–Kier alpha value is -2.47. The van der Waals surface area contributed by atoms with Gasteiger partial charge in [0.2, 0.25) is 5.13 Å². The summed E-state index contributed by atoms with van der Waals surface area (Å²) in [6.45, 7) is 1.16. The van der Waals surface area contributed by atoms with Crippen molar-refractivity contribution in [3.8, 4) is 16.3 Å². The van der Waals surface area contributed by atoms with Crippen molar-refractivity contribution in [2.24, 2.45) is 0 Å². The minimum absolute atomic E-state index is 0.267. The molecule has 4 nitrogen and oxygen atoms in total. The number of ether oxygens (including phenoxy) is 1. The van der Waals surface area contributed by atoms with Crippen LogP contribution in [0.25, 0.3) is 10.6 Å². The van der Waals surface area contributed by atoms with Crippen LogP contribution in [0.5, 0.6) is 5.75 Å². The van der Waals surface area contributed by atoms with Crippen LogP contribution in [-0.2, 0) is 0 Å². The van der Waals surface area contributed by atoms with Crippen LogP contribution in [-0.4, -0.2) is 30.4 Å². The monoisotopic (exact) mass is 329 g/mol. The van der Waals surface area contributed by atoms with E-state index in [4.69, 9.17) is 4.74 Å². The van der Waals surface area contributed by atoms with Crippen LogP contribution in [0.15, 0.2) is 54.6 Å². The standard InChI is InChI=1S/C17H16FN3OS/c1-21(11-12-22-15-9-7-14(18)8-10-15)17-20-19-16(23-17)13-5-3-2-4-6-13/h2-10H,11-12H2,1H3. The second kappa shape index (κ2) is 7.19. The van der Waals surface area contributed by atoms with Crippen LogP contribution in [0.4, 0.5) is 9.52 Å². The maximum atomic E-state index is 12.8. The highest BCUT2D eigenvalue weighted by molar-refractivity contribution is 7.18. The predicted octanol–water partition coefficient (Wildman–Crippen LogP) is 3.86. The van der Waals surface area contributed by atoms with Crippen molar-refractivity contribution in [2.75, 3.05) is 25.1 Å². The lowest BCUT2D eigenvalue weighted by Gasteiger charge is -2.15. The Morgan fingerprint density at radius 2 is 1.78 bits per heavy atom. The molecule has 118 valence electrons. The van der Waals surface area contributed by atoms with Gasteiger partial charge in [-0.2, -0.15) is 0 Å². The third-order valence-corrected chi connectivity index (χ3v) is 4.36. The van der Waals surface area contributed by atoms with E-state index in [0.717, 1.165) is 15.7 Å². The van der Waals surface area contributed by atoms with Crippen molar-refractivity contribution in [2.45, 2.75) is 0 Å². The van der Waals surface area contributed by atoms with Crippen LogP contribution >= 0.6 is 11.3 Å². The molecule has 2 aromatic carbocycles. The molecule has 3 aromatic rings. The van der Waals surface area contributed by atoms with Crippen LogP contribution < -0.4 is 9.64 Å². The lowest BCUT2D eigenvalue weighted by atomic mass is 10.2. The molecule has 3 rings (SSSR count). The predicted molar refractivity (Wildman–Crippen MR) is 90.5 cm³/mol. The molecule has 0 spiro atoms. The van der Waals surface area contributed by atoms with Gasteiger partial charge in [-0.15, -0.1) is 10.2 Å². The van der Waals surface area contributed by atoms with Gasteiger partial charge in [0.15, 0.2) is 0 Å². The van der Waals surface area contributed by atoms with E-state index in [2.05, 4.69) is 10.2 Å². The lowest BCUT2D eigenvalue weighted by Crippen LogP contribution is -2.23. The first kappa shape index (κ1) is 15.4. The number of halogens is 1. The average molecular weight is 329 g/mol. The molecule has 0 aliphatic carbocycles. The van der Waals surface area contributed by atoms with Crippen LogP contribution in [0, 0.1) is 5.82 Å². The molecule has 0 aliphatic rings. The van der Waals surface area contributed by atoms with Crippen LogP contribution in [0.2, 0.25) is 0 Å². The third kappa shape index (κ3) is 4.04. The van der Waals surface area contributed by atoms with Gasteiger partial charge < -0.3 is 9.64 Å². The number of hydrogen-bond donors (Lipinski definition) is 0. The summed E-state index contributed by atoms with van der Waals surface area (Å²) >= 11 is 1.54. The quantitative estimate of drug-likeness (QED) is 0.688. The van der Waals surface area contributed by atoms with Crippen molar-refractivity contribution in [3.63, 3.8) is 0 Å². The Balaban J connectivity index is 1.55. The van der Waals surface area contributed by atoms with Gasteiger partial charge in [0.05, 0.1) is 6.54 Å². The van der Waals surface area contributed by atoms with Gasteiger partial charge in [-0.1, -0.05) is 41.7 Å². The highest BCUT2D eigenvalue weighted by Gasteiger charge is 2.10. The summed E-state index contributed by atoms with van der Waals surface area (Å²) in [7, 11) is 1.95. The molecule has 0 saturated carbocycles. The van der Waals surface area contributed by atoms with Gasteiger partial charge in [-0.25, -0.2) is 4.39 Å². The highest BCUT2D eigenvalue weighted by Crippen LogP contribution is 2.27. The van der Waals surface area contributed by atoms with Crippen molar-refractivity contribution in [1.29, 1.82) is 0 Å². The Bertz CT molecular complexity index is 746. The number of anilines is 1. The van der Waals surface area contributed by atoms with E-state index in [1.165, 1.54) is 12.1 Å². The summed E-state index contributed by atoms with van der Waals surface area (Å²) in [6.07, 6.45) is 0. The lowest BCUT2D eigenvalue weighted by molar-refractivity contribution is 0.325. The summed E-state index contributed by atoms with van der Waals surface area (Å²) in [6, 6.07) is 16.0. The number of likely N-dealkylation sites (N-methyl/N-ethyl adjacent to an activating group) is 1. The molecule has 0 unspecified atom stereocenters. The second-order valence-corrected chi connectivity index (χ2v) is 5.94. The zero-order valence-corrected chi connectivity index (χ0v) is 13.5. The molecular formula is C17H16FN3OS. The number of nitrogens with zero attached hydrogens (tertiary/aromatic N) is 3. The molecule has 0 atom stereocenters. The zero-order chi connectivity index (χ0) is 16.1. The molecule has 0 radical (unpaired) electrons. The molecule has 23 heavy (non-hydrogen) atoms. The molecule has 0 fully saturated rings. The molecule has 0 N–H and O–H groups in total. The Kier molecular flexibility index (Phi) is 4.83. The van der Waals surface area contributed by atoms with E-state index < -0.39 is 0 Å². The normalized spacial score (nSPS) is 10.5. The van der Waals surface area contributed by atoms with Crippen molar-refractivity contribution >= 4 is 16.5 Å². The van der Waals surface area contributed by atoms with E-state index in [1.807, 2.05) is 42.3 Å². The molecule has 0 saturated heterocycles.